The summed E-state index contributed by atoms with van der Waals surface area (Å²) in [5.74, 6) is 0.622. The number of ether oxygens (including phenoxy) is 1. The van der Waals surface area contributed by atoms with Crippen molar-refractivity contribution < 1.29 is 9.84 Å². The molecule has 5 heteroatoms. The summed E-state index contributed by atoms with van der Waals surface area (Å²) in [6, 6.07) is 0. The number of aromatic nitrogens is 2. The van der Waals surface area contributed by atoms with Crippen molar-refractivity contribution in [2.45, 2.75) is 58.3 Å². The molecule has 0 spiro atoms. The summed E-state index contributed by atoms with van der Waals surface area (Å²) in [5, 5.41) is 17.5. The zero-order valence-corrected chi connectivity index (χ0v) is 13.5. The first-order valence-corrected chi connectivity index (χ1v) is 8.05. The Kier molecular flexibility index (Phi) is 6.21. The van der Waals surface area contributed by atoms with E-state index in [0.717, 1.165) is 18.7 Å². The van der Waals surface area contributed by atoms with Gasteiger partial charge in [0.1, 0.15) is 0 Å². The molecule has 0 aliphatic heterocycles. The molecule has 1 saturated carbocycles. The van der Waals surface area contributed by atoms with Crippen LogP contribution in [-0.2, 0) is 18.3 Å². The molecule has 3 unspecified atom stereocenters. The summed E-state index contributed by atoms with van der Waals surface area (Å²) in [5.41, 5.74) is 2.33. The van der Waals surface area contributed by atoms with Gasteiger partial charge in [0.05, 0.1) is 25.0 Å². The summed E-state index contributed by atoms with van der Waals surface area (Å²) < 4.78 is 7.74. The molecule has 1 aliphatic carbocycles. The van der Waals surface area contributed by atoms with Gasteiger partial charge in [0, 0.05) is 31.4 Å². The van der Waals surface area contributed by atoms with E-state index in [1.54, 1.807) is 0 Å². The SMILES string of the molecule is Cc1c(CNCC(O)COC2CCCCC2C)cnn1C. The zero-order valence-electron chi connectivity index (χ0n) is 13.5. The van der Waals surface area contributed by atoms with Crippen LogP contribution in [0, 0.1) is 12.8 Å². The van der Waals surface area contributed by atoms with Crippen LogP contribution in [0.3, 0.4) is 0 Å². The lowest BCUT2D eigenvalue weighted by molar-refractivity contribution is -0.0452. The lowest BCUT2D eigenvalue weighted by Crippen LogP contribution is -2.34. The summed E-state index contributed by atoms with van der Waals surface area (Å²) in [7, 11) is 1.94. The Morgan fingerprint density at radius 2 is 2.24 bits per heavy atom. The molecule has 21 heavy (non-hydrogen) atoms. The van der Waals surface area contributed by atoms with E-state index >= 15 is 0 Å². The van der Waals surface area contributed by atoms with Gasteiger partial charge in [-0.1, -0.05) is 19.8 Å². The number of aryl methyl sites for hydroxylation is 1. The van der Waals surface area contributed by atoms with Gasteiger partial charge in [-0.15, -0.1) is 0 Å². The largest absolute Gasteiger partial charge is 0.389 e. The fourth-order valence-corrected chi connectivity index (χ4v) is 2.91. The van der Waals surface area contributed by atoms with E-state index in [1.165, 1.54) is 24.8 Å². The smallest absolute Gasteiger partial charge is 0.0897 e. The van der Waals surface area contributed by atoms with E-state index in [4.69, 9.17) is 4.74 Å². The van der Waals surface area contributed by atoms with Crippen molar-refractivity contribution >= 4 is 0 Å². The van der Waals surface area contributed by atoms with Gasteiger partial charge in [0.15, 0.2) is 0 Å². The lowest BCUT2D eigenvalue weighted by atomic mass is 9.88. The van der Waals surface area contributed by atoms with Crippen molar-refractivity contribution in [1.29, 1.82) is 0 Å². The number of aliphatic hydroxyl groups is 1. The monoisotopic (exact) mass is 295 g/mol. The molecule has 0 radical (unpaired) electrons. The highest BCUT2D eigenvalue weighted by Crippen LogP contribution is 2.26. The molecular weight excluding hydrogens is 266 g/mol. The average molecular weight is 295 g/mol. The third kappa shape index (κ3) is 4.80. The molecule has 2 rings (SSSR count). The van der Waals surface area contributed by atoms with Crippen molar-refractivity contribution in [3.8, 4) is 0 Å². The standard InChI is InChI=1S/C16H29N3O2/c1-12-6-4-5-7-16(12)21-11-15(20)10-17-8-14-9-18-19(3)13(14)2/h9,12,15-17,20H,4-8,10-11H2,1-3H3. The predicted octanol–water partition coefficient (Wildman–Crippen LogP) is 1.77. The second-order valence-corrected chi connectivity index (χ2v) is 6.30. The highest BCUT2D eigenvalue weighted by molar-refractivity contribution is 5.15. The average Bonchev–Trinajstić information content (AvgIpc) is 2.78. The van der Waals surface area contributed by atoms with Crippen LogP contribution in [0.2, 0.25) is 0 Å². The zero-order chi connectivity index (χ0) is 15.2. The van der Waals surface area contributed by atoms with Gasteiger partial charge in [-0.05, 0) is 25.7 Å². The minimum absolute atomic E-state index is 0.328. The molecule has 0 bridgehead atoms. The van der Waals surface area contributed by atoms with Gasteiger partial charge in [0.25, 0.3) is 0 Å². The summed E-state index contributed by atoms with van der Waals surface area (Å²) in [6.07, 6.45) is 6.70. The maximum atomic E-state index is 10.0. The van der Waals surface area contributed by atoms with Crippen molar-refractivity contribution in [2.24, 2.45) is 13.0 Å². The topological polar surface area (TPSA) is 59.3 Å². The molecule has 3 atom stereocenters. The molecule has 1 heterocycles. The maximum absolute atomic E-state index is 10.0. The Balaban J connectivity index is 1.63. The van der Waals surface area contributed by atoms with Crippen LogP contribution >= 0.6 is 0 Å². The fourth-order valence-electron chi connectivity index (χ4n) is 2.91. The van der Waals surface area contributed by atoms with Crippen molar-refractivity contribution in [2.75, 3.05) is 13.2 Å². The van der Waals surface area contributed by atoms with Crippen LogP contribution in [0.4, 0.5) is 0 Å². The van der Waals surface area contributed by atoms with Gasteiger partial charge in [-0.2, -0.15) is 5.10 Å². The number of nitrogens with one attached hydrogen (secondary N) is 1. The highest BCUT2D eigenvalue weighted by atomic mass is 16.5. The Hall–Kier alpha value is -0.910. The van der Waals surface area contributed by atoms with Gasteiger partial charge >= 0.3 is 0 Å². The quantitative estimate of drug-likeness (QED) is 0.805. The van der Waals surface area contributed by atoms with E-state index in [1.807, 2.05) is 24.9 Å². The number of rotatable bonds is 7. The third-order valence-electron chi connectivity index (χ3n) is 4.57. The van der Waals surface area contributed by atoms with Crippen molar-refractivity contribution in [3.63, 3.8) is 0 Å². The van der Waals surface area contributed by atoms with Gasteiger partial charge in [-0.3, -0.25) is 4.68 Å². The molecule has 5 nitrogen and oxygen atoms in total. The Labute approximate surface area is 127 Å². The fraction of sp³-hybridized carbons (Fsp3) is 0.812. The molecular formula is C16H29N3O2. The number of nitrogens with zero attached hydrogens (tertiary/aromatic N) is 2. The normalized spacial score (nSPS) is 24.2. The predicted molar refractivity (Wildman–Crippen MR) is 83.0 cm³/mol. The van der Waals surface area contributed by atoms with E-state index in [-0.39, 0.29) is 0 Å². The second kappa shape index (κ2) is 7.92. The van der Waals surface area contributed by atoms with Crippen LogP contribution in [-0.4, -0.2) is 40.2 Å². The van der Waals surface area contributed by atoms with E-state index in [2.05, 4.69) is 17.3 Å². The number of aliphatic hydroxyl groups excluding tert-OH is 1. The Morgan fingerprint density at radius 1 is 1.48 bits per heavy atom. The Bertz CT molecular complexity index is 433. The molecule has 0 aromatic carbocycles. The molecule has 1 aliphatic rings. The van der Waals surface area contributed by atoms with Gasteiger partial charge < -0.3 is 15.2 Å². The number of hydrogen-bond donors (Lipinski definition) is 2. The van der Waals surface area contributed by atoms with Crippen LogP contribution < -0.4 is 5.32 Å². The lowest BCUT2D eigenvalue weighted by Gasteiger charge is -2.29. The van der Waals surface area contributed by atoms with Crippen LogP contribution in [0.25, 0.3) is 0 Å². The Morgan fingerprint density at radius 3 is 2.90 bits per heavy atom. The second-order valence-electron chi connectivity index (χ2n) is 6.30. The molecule has 1 aromatic rings. The highest BCUT2D eigenvalue weighted by Gasteiger charge is 2.22. The molecule has 0 saturated heterocycles. The van der Waals surface area contributed by atoms with Gasteiger partial charge in [0.2, 0.25) is 0 Å². The van der Waals surface area contributed by atoms with E-state index in [0.29, 0.717) is 25.2 Å². The summed E-state index contributed by atoms with van der Waals surface area (Å²) in [6.45, 7) is 6.01. The van der Waals surface area contributed by atoms with Crippen LogP contribution in [0.5, 0.6) is 0 Å². The first kappa shape index (κ1) is 16.5. The molecule has 1 aromatic heterocycles. The van der Waals surface area contributed by atoms with Crippen molar-refractivity contribution in [1.82, 2.24) is 15.1 Å². The molecule has 0 amide bonds. The van der Waals surface area contributed by atoms with Crippen LogP contribution in [0.1, 0.15) is 43.9 Å². The van der Waals surface area contributed by atoms with Crippen LogP contribution in [0.15, 0.2) is 6.20 Å². The third-order valence-corrected chi connectivity index (χ3v) is 4.57. The minimum Gasteiger partial charge on any atom is -0.389 e. The molecule has 120 valence electrons. The minimum atomic E-state index is -0.448. The first-order chi connectivity index (χ1) is 10.1. The first-order valence-electron chi connectivity index (χ1n) is 8.05. The molecule has 1 fully saturated rings. The van der Waals surface area contributed by atoms with Crippen molar-refractivity contribution in [3.05, 3.63) is 17.5 Å². The van der Waals surface area contributed by atoms with E-state index in [9.17, 15) is 5.11 Å². The van der Waals surface area contributed by atoms with E-state index < -0.39 is 6.10 Å². The number of hydrogen-bond acceptors (Lipinski definition) is 4. The van der Waals surface area contributed by atoms with Gasteiger partial charge in [-0.25, -0.2) is 0 Å². The maximum Gasteiger partial charge on any atom is 0.0897 e. The molecule has 2 N–H and O–H groups in total. The summed E-state index contributed by atoms with van der Waals surface area (Å²) in [4.78, 5) is 0. The summed E-state index contributed by atoms with van der Waals surface area (Å²) >= 11 is 0.